The maximum atomic E-state index is 12.5. The monoisotopic (exact) mass is 317 g/mol. The quantitative estimate of drug-likeness (QED) is 0.793. The topological polar surface area (TPSA) is 61.4 Å². The van der Waals surface area contributed by atoms with Crippen LogP contribution in [0.25, 0.3) is 0 Å². The van der Waals surface area contributed by atoms with Gasteiger partial charge < -0.3 is 15.5 Å². The first kappa shape index (κ1) is 17.5. The molecule has 1 aliphatic rings. The van der Waals surface area contributed by atoms with Crippen molar-refractivity contribution in [3.05, 3.63) is 29.8 Å². The zero-order valence-electron chi connectivity index (χ0n) is 14.1. The summed E-state index contributed by atoms with van der Waals surface area (Å²) >= 11 is 0. The number of rotatable bonds is 6. The van der Waals surface area contributed by atoms with Crippen molar-refractivity contribution < 1.29 is 9.59 Å². The molecule has 1 saturated heterocycles. The molecule has 23 heavy (non-hydrogen) atoms. The molecule has 2 rings (SSSR count). The van der Waals surface area contributed by atoms with Gasteiger partial charge in [0.25, 0.3) is 5.91 Å². The third-order valence-corrected chi connectivity index (χ3v) is 4.24. The van der Waals surface area contributed by atoms with Gasteiger partial charge in [-0.3, -0.25) is 9.59 Å². The first-order valence-electron chi connectivity index (χ1n) is 8.48. The van der Waals surface area contributed by atoms with E-state index in [1.165, 1.54) is 0 Å². The number of hydrogen-bond donors (Lipinski definition) is 2. The lowest BCUT2D eigenvalue weighted by Crippen LogP contribution is -2.38. The van der Waals surface area contributed by atoms with E-state index in [-0.39, 0.29) is 17.7 Å². The van der Waals surface area contributed by atoms with Crippen LogP contribution < -0.4 is 10.6 Å². The number of amides is 2. The fourth-order valence-electron chi connectivity index (χ4n) is 2.88. The Labute approximate surface area is 138 Å². The molecule has 1 aliphatic heterocycles. The Balaban J connectivity index is 2.02. The van der Waals surface area contributed by atoms with Crippen LogP contribution in [0.15, 0.2) is 24.3 Å². The highest BCUT2D eigenvalue weighted by Crippen LogP contribution is 2.20. The fourth-order valence-corrected chi connectivity index (χ4v) is 2.88. The predicted molar refractivity (Wildman–Crippen MR) is 92.5 cm³/mol. The van der Waals surface area contributed by atoms with Crippen LogP contribution in [0.3, 0.4) is 0 Å². The van der Waals surface area contributed by atoms with E-state index in [2.05, 4.69) is 22.5 Å². The zero-order chi connectivity index (χ0) is 16.7. The van der Waals surface area contributed by atoms with E-state index in [0.717, 1.165) is 38.8 Å². The van der Waals surface area contributed by atoms with Gasteiger partial charge in [0.05, 0.1) is 17.2 Å². The number of unbranched alkanes of at least 4 members (excludes halogenated alkanes) is 1. The largest absolute Gasteiger partial charge is 0.352 e. The Morgan fingerprint density at radius 2 is 2.09 bits per heavy atom. The minimum atomic E-state index is -0.130. The molecule has 1 aromatic carbocycles. The highest BCUT2D eigenvalue weighted by molar-refractivity contribution is 6.04. The highest BCUT2D eigenvalue weighted by Gasteiger charge is 2.24. The minimum Gasteiger partial charge on any atom is -0.352 e. The van der Waals surface area contributed by atoms with E-state index in [9.17, 15) is 9.59 Å². The summed E-state index contributed by atoms with van der Waals surface area (Å²) in [4.78, 5) is 26.9. The Morgan fingerprint density at radius 1 is 1.30 bits per heavy atom. The molecule has 0 aliphatic carbocycles. The number of nitrogens with one attached hydrogen (secondary N) is 2. The van der Waals surface area contributed by atoms with E-state index >= 15 is 0 Å². The van der Waals surface area contributed by atoms with Gasteiger partial charge in [-0.05, 0) is 45.0 Å². The minimum absolute atomic E-state index is 0.00496. The summed E-state index contributed by atoms with van der Waals surface area (Å²) < 4.78 is 0. The van der Waals surface area contributed by atoms with E-state index in [1.807, 2.05) is 19.2 Å². The zero-order valence-corrected chi connectivity index (χ0v) is 14.1. The van der Waals surface area contributed by atoms with Crippen LogP contribution >= 0.6 is 0 Å². The van der Waals surface area contributed by atoms with Gasteiger partial charge in [0, 0.05) is 13.1 Å². The third kappa shape index (κ3) is 5.06. The van der Waals surface area contributed by atoms with Crippen LogP contribution in [0.4, 0.5) is 5.69 Å². The molecular formula is C18H27N3O2. The number of benzene rings is 1. The second kappa shape index (κ2) is 8.67. The van der Waals surface area contributed by atoms with Crippen molar-refractivity contribution in [1.82, 2.24) is 10.2 Å². The lowest BCUT2D eigenvalue weighted by atomic mass is 9.97. The molecule has 0 radical (unpaired) electrons. The number of carbonyl (C=O) groups is 2. The molecule has 2 amide bonds. The molecule has 0 aromatic heterocycles. The number of carbonyl (C=O) groups excluding carboxylic acids is 2. The molecule has 0 unspecified atom stereocenters. The average Bonchev–Trinajstić information content (AvgIpc) is 2.55. The highest BCUT2D eigenvalue weighted by atomic mass is 16.2. The molecule has 1 atom stereocenters. The van der Waals surface area contributed by atoms with Crippen molar-refractivity contribution in [3.8, 4) is 0 Å². The summed E-state index contributed by atoms with van der Waals surface area (Å²) in [7, 11) is 2.04. The van der Waals surface area contributed by atoms with Crippen molar-refractivity contribution in [3.63, 3.8) is 0 Å². The SMILES string of the molecule is CCCCNC(=O)c1ccccc1NC(=O)[C@H]1CCCN(C)C1. The summed E-state index contributed by atoms with van der Waals surface area (Å²) in [5, 5.41) is 5.85. The van der Waals surface area contributed by atoms with Gasteiger partial charge in [0.2, 0.25) is 5.91 Å². The van der Waals surface area contributed by atoms with E-state index in [4.69, 9.17) is 0 Å². The Bertz CT molecular complexity index is 545. The molecule has 0 saturated carbocycles. The van der Waals surface area contributed by atoms with Crippen LogP contribution in [0, 0.1) is 5.92 Å². The molecule has 0 spiro atoms. The molecule has 0 bridgehead atoms. The van der Waals surface area contributed by atoms with Gasteiger partial charge in [-0.2, -0.15) is 0 Å². The Morgan fingerprint density at radius 3 is 2.83 bits per heavy atom. The summed E-state index contributed by atoms with van der Waals surface area (Å²) in [5.74, 6) is -0.134. The summed E-state index contributed by atoms with van der Waals surface area (Å²) in [6.07, 6.45) is 3.93. The van der Waals surface area contributed by atoms with Crippen molar-refractivity contribution in [2.75, 3.05) is 32.0 Å². The van der Waals surface area contributed by atoms with Crippen molar-refractivity contribution >= 4 is 17.5 Å². The number of likely N-dealkylation sites (tertiary alicyclic amines) is 1. The smallest absolute Gasteiger partial charge is 0.253 e. The van der Waals surface area contributed by atoms with E-state index in [1.54, 1.807) is 12.1 Å². The van der Waals surface area contributed by atoms with Gasteiger partial charge in [0.15, 0.2) is 0 Å². The number of piperidine rings is 1. The van der Waals surface area contributed by atoms with E-state index < -0.39 is 0 Å². The molecule has 5 nitrogen and oxygen atoms in total. The maximum absolute atomic E-state index is 12.5. The van der Waals surface area contributed by atoms with Crippen LogP contribution in [0.5, 0.6) is 0 Å². The van der Waals surface area contributed by atoms with Crippen molar-refractivity contribution in [2.24, 2.45) is 5.92 Å². The summed E-state index contributed by atoms with van der Waals surface area (Å²) in [6, 6.07) is 7.20. The number of hydrogen-bond acceptors (Lipinski definition) is 3. The lowest BCUT2D eigenvalue weighted by molar-refractivity contribution is -0.121. The van der Waals surface area contributed by atoms with Gasteiger partial charge >= 0.3 is 0 Å². The second-order valence-corrected chi connectivity index (χ2v) is 6.25. The molecule has 5 heteroatoms. The number of nitrogens with zero attached hydrogens (tertiary/aromatic N) is 1. The lowest BCUT2D eigenvalue weighted by Gasteiger charge is -2.28. The second-order valence-electron chi connectivity index (χ2n) is 6.25. The third-order valence-electron chi connectivity index (χ3n) is 4.24. The molecular weight excluding hydrogens is 290 g/mol. The number of para-hydroxylation sites is 1. The molecule has 1 fully saturated rings. The van der Waals surface area contributed by atoms with E-state index in [0.29, 0.717) is 17.8 Å². The fraction of sp³-hybridized carbons (Fsp3) is 0.556. The standard InChI is InChI=1S/C18H27N3O2/c1-3-4-11-19-18(23)15-9-5-6-10-16(15)20-17(22)14-8-7-12-21(2)13-14/h5-6,9-10,14H,3-4,7-8,11-13H2,1-2H3,(H,19,23)(H,20,22)/t14-/m0/s1. The maximum Gasteiger partial charge on any atom is 0.253 e. The molecule has 126 valence electrons. The Hall–Kier alpha value is -1.88. The van der Waals surface area contributed by atoms with Crippen LogP contribution in [0.2, 0.25) is 0 Å². The van der Waals surface area contributed by atoms with Crippen LogP contribution in [0.1, 0.15) is 43.0 Å². The van der Waals surface area contributed by atoms with Crippen LogP contribution in [-0.2, 0) is 4.79 Å². The van der Waals surface area contributed by atoms with Gasteiger partial charge in [0.1, 0.15) is 0 Å². The van der Waals surface area contributed by atoms with Crippen LogP contribution in [-0.4, -0.2) is 43.4 Å². The van der Waals surface area contributed by atoms with Gasteiger partial charge in [-0.15, -0.1) is 0 Å². The molecule has 1 heterocycles. The molecule has 1 aromatic rings. The average molecular weight is 317 g/mol. The van der Waals surface area contributed by atoms with Gasteiger partial charge in [-0.25, -0.2) is 0 Å². The summed E-state index contributed by atoms with van der Waals surface area (Å²) in [6.45, 7) is 4.56. The molecule has 2 N–H and O–H groups in total. The first-order chi connectivity index (χ1) is 11.1. The number of anilines is 1. The Kier molecular flexibility index (Phi) is 6.59. The van der Waals surface area contributed by atoms with Gasteiger partial charge in [-0.1, -0.05) is 25.5 Å². The van der Waals surface area contributed by atoms with Crippen molar-refractivity contribution in [2.45, 2.75) is 32.6 Å². The predicted octanol–water partition coefficient (Wildman–Crippen LogP) is 2.50. The summed E-state index contributed by atoms with van der Waals surface area (Å²) in [5.41, 5.74) is 1.13. The van der Waals surface area contributed by atoms with Crippen molar-refractivity contribution in [1.29, 1.82) is 0 Å². The normalized spacial score (nSPS) is 18.4. The first-order valence-corrected chi connectivity index (χ1v) is 8.48.